The summed E-state index contributed by atoms with van der Waals surface area (Å²) in [6.45, 7) is 9.37. The minimum atomic E-state index is 0.0754. The van der Waals surface area contributed by atoms with E-state index in [9.17, 15) is 4.79 Å². The zero-order valence-electron chi connectivity index (χ0n) is 18.0. The van der Waals surface area contributed by atoms with Crippen molar-refractivity contribution in [2.45, 2.75) is 25.4 Å². The molecule has 172 valence electrons. The Balaban J connectivity index is 1.23. The first-order valence-corrected chi connectivity index (χ1v) is 12.0. The van der Waals surface area contributed by atoms with Crippen LogP contribution < -0.4 is 15.9 Å². The summed E-state index contributed by atoms with van der Waals surface area (Å²) in [5.41, 5.74) is 7.44. The summed E-state index contributed by atoms with van der Waals surface area (Å²) in [4.78, 5) is 14.9. The monoisotopic (exact) mass is 476 g/mol. The number of thiazole rings is 1. The number of nitrogens with two attached hydrogens (primary N) is 1. The van der Waals surface area contributed by atoms with E-state index in [0.717, 1.165) is 48.3 Å². The summed E-state index contributed by atoms with van der Waals surface area (Å²) in [5, 5.41) is 4.25. The van der Waals surface area contributed by atoms with Crippen molar-refractivity contribution in [3.8, 4) is 0 Å². The third-order valence-corrected chi connectivity index (χ3v) is 7.00. The molecule has 2 aromatic rings. The molecule has 0 spiro atoms. The molecule has 3 heterocycles. The van der Waals surface area contributed by atoms with Gasteiger partial charge in [0.1, 0.15) is 13.2 Å². The number of hydrogen-bond donors (Lipinski definition) is 2. The Morgan fingerprint density at radius 1 is 1.25 bits per heavy atom. The molecule has 0 aliphatic carbocycles. The molecule has 2 aliphatic rings. The van der Waals surface area contributed by atoms with Gasteiger partial charge in [-0.1, -0.05) is 29.5 Å². The van der Waals surface area contributed by atoms with Gasteiger partial charge < -0.3 is 25.4 Å². The molecule has 1 aromatic carbocycles. The fourth-order valence-corrected chi connectivity index (χ4v) is 5.11. The minimum absolute atomic E-state index is 0.0754. The van der Waals surface area contributed by atoms with Gasteiger partial charge in [-0.25, -0.2) is 0 Å². The van der Waals surface area contributed by atoms with E-state index in [1.165, 1.54) is 17.5 Å². The lowest BCUT2D eigenvalue weighted by molar-refractivity contribution is 0.0591. The number of aromatic nitrogens is 1. The Hall–Kier alpha value is -2.26. The molecule has 0 saturated carbocycles. The number of fused-ring (bicyclic) bond motifs is 1. The van der Waals surface area contributed by atoms with Crippen LogP contribution in [-0.4, -0.2) is 54.9 Å². The molecule has 0 amide bonds. The topological polar surface area (TPSA) is 81.8 Å². The predicted octanol–water partition coefficient (Wildman–Crippen LogP) is 3.06. The van der Waals surface area contributed by atoms with Crippen LogP contribution in [0.2, 0.25) is 5.02 Å². The lowest BCUT2D eigenvalue weighted by atomic mass is 10.0. The maximum atomic E-state index is 12.4. The molecule has 2 saturated heterocycles. The van der Waals surface area contributed by atoms with Gasteiger partial charge in [-0.3, -0.25) is 9.36 Å². The molecule has 4 rings (SSSR count). The van der Waals surface area contributed by atoms with Crippen molar-refractivity contribution >= 4 is 33.2 Å². The van der Waals surface area contributed by atoms with E-state index in [4.69, 9.17) is 26.8 Å². The van der Waals surface area contributed by atoms with Crippen molar-refractivity contribution in [1.82, 2.24) is 14.8 Å². The van der Waals surface area contributed by atoms with E-state index >= 15 is 0 Å². The number of ether oxygens (including phenoxy) is 2. The lowest BCUT2D eigenvalue weighted by Crippen LogP contribution is -2.44. The van der Waals surface area contributed by atoms with Crippen LogP contribution in [0.3, 0.4) is 0 Å². The number of nitrogens with zero attached hydrogens (tertiary/aromatic N) is 2. The van der Waals surface area contributed by atoms with Crippen LogP contribution >= 0.6 is 22.9 Å². The van der Waals surface area contributed by atoms with Crippen LogP contribution in [0.4, 0.5) is 0 Å². The normalized spacial score (nSPS) is 20.5. The van der Waals surface area contributed by atoms with E-state index in [1.807, 2.05) is 28.8 Å². The van der Waals surface area contributed by atoms with Crippen molar-refractivity contribution in [3.05, 3.63) is 68.8 Å². The Bertz CT molecular complexity index is 1080. The van der Waals surface area contributed by atoms with Gasteiger partial charge in [0.15, 0.2) is 11.5 Å². The van der Waals surface area contributed by atoms with Gasteiger partial charge in [-0.05, 0) is 55.8 Å². The molecule has 7 nitrogen and oxygen atoms in total. The first-order valence-electron chi connectivity index (χ1n) is 10.9. The van der Waals surface area contributed by atoms with Crippen molar-refractivity contribution in [2.75, 3.05) is 39.4 Å². The molecule has 0 bridgehead atoms. The van der Waals surface area contributed by atoms with Crippen LogP contribution in [0.1, 0.15) is 12.8 Å². The smallest absolute Gasteiger partial charge is 0.308 e. The average Bonchev–Trinajstić information content (AvgIpc) is 3.11. The van der Waals surface area contributed by atoms with Crippen molar-refractivity contribution in [2.24, 2.45) is 5.73 Å². The number of nitrogens with one attached hydrogen (secondary N) is 1. The quantitative estimate of drug-likeness (QED) is 0.639. The summed E-state index contributed by atoms with van der Waals surface area (Å²) < 4.78 is 13.9. The summed E-state index contributed by atoms with van der Waals surface area (Å²) in [7, 11) is 0. The highest BCUT2D eigenvalue weighted by Gasteiger charge is 2.20. The minimum Gasteiger partial charge on any atom is -0.486 e. The van der Waals surface area contributed by atoms with Crippen molar-refractivity contribution in [3.63, 3.8) is 0 Å². The number of hydrogen-bond acceptors (Lipinski definition) is 7. The first-order chi connectivity index (χ1) is 15.5. The molecule has 0 unspecified atom stereocenters. The van der Waals surface area contributed by atoms with Gasteiger partial charge in [0.2, 0.25) is 0 Å². The third-order valence-electron chi connectivity index (χ3n) is 5.80. The Labute approximate surface area is 196 Å². The Morgan fingerprint density at radius 2 is 2.00 bits per heavy atom. The highest BCUT2D eigenvalue weighted by atomic mass is 35.5. The number of piperidine rings is 1. The largest absolute Gasteiger partial charge is 0.486 e. The van der Waals surface area contributed by atoms with Crippen LogP contribution in [0, 0.1) is 0 Å². The van der Waals surface area contributed by atoms with E-state index in [0.29, 0.717) is 48.9 Å². The molecule has 1 aromatic heterocycles. The highest BCUT2D eigenvalue weighted by Crippen LogP contribution is 2.22. The van der Waals surface area contributed by atoms with Gasteiger partial charge in [0.25, 0.3) is 0 Å². The maximum Gasteiger partial charge on any atom is 0.308 e. The standard InChI is InChI=1S/C23H29ClN4O3S/c1-16(12-20-21(14-25)31-11-10-30-20)15-26-18-4-6-27(7-5-18)8-9-28-19-13-17(24)2-3-22(19)32-23(28)29/h2-3,12-14,18,26H,1,4-11,15,25H2/b20-12+,21-14+. The second kappa shape index (κ2) is 10.6. The summed E-state index contributed by atoms with van der Waals surface area (Å²) in [6.07, 6.45) is 5.42. The highest BCUT2D eigenvalue weighted by molar-refractivity contribution is 7.16. The second-order valence-electron chi connectivity index (χ2n) is 8.02. The zero-order valence-corrected chi connectivity index (χ0v) is 19.6. The molecule has 0 atom stereocenters. The van der Waals surface area contributed by atoms with Gasteiger partial charge in [0.05, 0.1) is 10.2 Å². The van der Waals surface area contributed by atoms with Gasteiger partial charge >= 0.3 is 4.87 Å². The molecule has 2 fully saturated rings. The van der Waals surface area contributed by atoms with E-state index in [2.05, 4.69) is 16.8 Å². The van der Waals surface area contributed by atoms with Crippen molar-refractivity contribution in [1.29, 1.82) is 0 Å². The van der Waals surface area contributed by atoms with Crippen LogP contribution in [0.15, 0.2) is 58.9 Å². The number of rotatable bonds is 7. The predicted molar refractivity (Wildman–Crippen MR) is 130 cm³/mol. The molecule has 3 N–H and O–H groups in total. The zero-order chi connectivity index (χ0) is 22.5. The lowest BCUT2D eigenvalue weighted by Gasteiger charge is -2.32. The van der Waals surface area contributed by atoms with Crippen LogP contribution in [0.25, 0.3) is 10.2 Å². The summed E-state index contributed by atoms with van der Waals surface area (Å²) >= 11 is 7.40. The first kappa shape index (κ1) is 22.9. The Morgan fingerprint density at radius 3 is 2.75 bits per heavy atom. The van der Waals surface area contributed by atoms with Gasteiger partial charge in [-0.2, -0.15) is 0 Å². The van der Waals surface area contributed by atoms with E-state index < -0.39 is 0 Å². The van der Waals surface area contributed by atoms with E-state index in [-0.39, 0.29) is 4.87 Å². The Kier molecular flexibility index (Phi) is 7.57. The maximum absolute atomic E-state index is 12.4. The molecular formula is C23H29ClN4O3S. The summed E-state index contributed by atoms with van der Waals surface area (Å²) in [5.74, 6) is 1.20. The van der Waals surface area contributed by atoms with Gasteiger partial charge in [-0.15, -0.1) is 0 Å². The number of likely N-dealkylation sites (tertiary alicyclic amines) is 1. The summed E-state index contributed by atoms with van der Waals surface area (Å²) in [6, 6.07) is 6.07. The fraction of sp³-hybridized carbons (Fsp3) is 0.435. The van der Waals surface area contributed by atoms with Crippen LogP contribution in [0.5, 0.6) is 0 Å². The fourth-order valence-electron chi connectivity index (χ4n) is 4.05. The second-order valence-corrected chi connectivity index (χ2v) is 9.45. The molecule has 9 heteroatoms. The molecule has 0 radical (unpaired) electrons. The van der Waals surface area contributed by atoms with Crippen LogP contribution in [-0.2, 0) is 16.0 Å². The van der Waals surface area contributed by atoms with Gasteiger partial charge in [0, 0.05) is 36.9 Å². The van der Waals surface area contributed by atoms with Crippen molar-refractivity contribution < 1.29 is 9.47 Å². The number of halogens is 1. The molecule has 2 aliphatic heterocycles. The molecular weight excluding hydrogens is 448 g/mol. The third kappa shape index (κ3) is 5.56. The SMILES string of the molecule is C=C(/C=C1/OCCO/C1=C/N)CNC1CCN(CCn2c(=O)sc3ccc(Cl)cc32)CC1. The number of benzene rings is 1. The average molecular weight is 477 g/mol. The van der Waals surface area contributed by atoms with E-state index in [1.54, 1.807) is 0 Å². The molecule has 32 heavy (non-hydrogen) atoms.